The first kappa shape index (κ1) is 17.0. The van der Waals surface area contributed by atoms with Gasteiger partial charge in [-0.15, -0.1) is 0 Å². The fourth-order valence-corrected chi connectivity index (χ4v) is 4.89. The zero-order valence-corrected chi connectivity index (χ0v) is 13.9. The van der Waals surface area contributed by atoms with Crippen molar-refractivity contribution in [1.29, 1.82) is 0 Å². The molecule has 0 amide bonds. The Kier molecular flexibility index (Phi) is 5.24. The summed E-state index contributed by atoms with van der Waals surface area (Å²) in [5, 5.41) is 8.89. The minimum absolute atomic E-state index is 0.00863. The lowest BCUT2D eigenvalue weighted by Crippen LogP contribution is -2.41. The normalized spacial score (nSPS) is 20.0. The molecule has 6 heteroatoms. The van der Waals surface area contributed by atoms with E-state index in [-0.39, 0.29) is 18.1 Å². The minimum atomic E-state index is -3.41. The monoisotopic (exact) mass is 325 g/mol. The molecule has 0 bridgehead atoms. The van der Waals surface area contributed by atoms with Crippen molar-refractivity contribution in [2.24, 2.45) is 5.92 Å². The van der Waals surface area contributed by atoms with Gasteiger partial charge in [-0.1, -0.05) is 18.2 Å². The maximum absolute atomic E-state index is 12.7. The highest BCUT2D eigenvalue weighted by Crippen LogP contribution is 2.25. The van der Waals surface area contributed by atoms with Gasteiger partial charge in [0.25, 0.3) is 0 Å². The van der Waals surface area contributed by atoms with Gasteiger partial charge in [-0.05, 0) is 49.3 Å². The molecular formula is C16H23NO4S. The zero-order chi connectivity index (χ0) is 16.3. The van der Waals surface area contributed by atoms with Crippen molar-refractivity contribution in [1.82, 2.24) is 4.31 Å². The lowest BCUT2D eigenvalue weighted by atomic mass is 9.96. The zero-order valence-electron chi connectivity index (χ0n) is 13.1. The van der Waals surface area contributed by atoms with Gasteiger partial charge in [0.15, 0.2) is 0 Å². The topological polar surface area (TPSA) is 74.7 Å². The van der Waals surface area contributed by atoms with Crippen LogP contribution in [0.25, 0.3) is 0 Å². The van der Waals surface area contributed by atoms with E-state index in [1.807, 2.05) is 32.0 Å². The Labute approximate surface area is 132 Å². The molecule has 1 aliphatic heterocycles. The molecule has 0 saturated carbocycles. The number of benzene rings is 1. The Bertz CT molecular complexity index is 634. The van der Waals surface area contributed by atoms with E-state index in [0.717, 1.165) is 29.5 Å². The Hall–Kier alpha value is -1.40. The van der Waals surface area contributed by atoms with E-state index < -0.39 is 16.0 Å². The highest BCUT2D eigenvalue weighted by molar-refractivity contribution is 7.88. The molecule has 5 nitrogen and oxygen atoms in total. The van der Waals surface area contributed by atoms with Crippen molar-refractivity contribution in [3.63, 3.8) is 0 Å². The molecule has 1 saturated heterocycles. The van der Waals surface area contributed by atoms with E-state index in [2.05, 4.69) is 0 Å². The molecule has 0 aliphatic carbocycles. The van der Waals surface area contributed by atoms with Crippen molar-refractivity contribution in [3.8, 4) is 0 Å². The van der Waals surface area contributed by atoms with Gasteiger partial charge in [0.1, 0.15) is 0 Å². The second-order valence-electron chi connectivity index (χ2n) is 6.09. The van der Waals surface area contributed by atoms with Gasteiger partial charge in [-0.2, -0.15) is 0 Å². The maximum Gasteiger partial charge on any atom is 0.303 e. The summed E-state index contributed by atoms with van der Waals surface area (Å²) < 4.78 is 26.8. The van der Waals surface area contributed by atoms with Crippen LogP contribution in [0.3, 0.4) is 0 Å². The fraction of sp³-hybridized carbons (Fsp3) is 0.562. The van der Waals surface area contributed by atoms with Crippen LogP contribution in [-0.2, 0) is 20.6 Å². The van der Waals surface area contributed by atoms with Crippen LogP contribution in [0.2, 0.25) is 0 Å². The second-order valence-corrected chi connectivity index (χ2v) is 8.06. The summed E-state index contributed by atoms with van der Waals surface area (Å²) >= 11 is 0. The summed E-state index contributed by atoms with van der Waals surface area (Å²) in [5.74, 6) is -0.955. The minimum Gasteiger partial charge on any atom is -0.481 e. The van der Waals surface area contributed by atoms with Crippen LogP contribution < -0.4 is 0 Å². The first-order valence-electron chi connectivity index (χ1n) is 7.54. The molecule has 1 aromatic rings. The molecule has 122 valence electrons. The predicted octanol–water partition coefficient (Wildman–Crippen LogP) is 2.32. The molecule has 1 heterocycles. The summed E-state index contributed by atoms with van der Waals surface area (Å²) in [5.41, 5.74) is 2.80. The highest BCUT2D eigenvalue weighted by Gasteiger charge is 2.30. The molecule has 2 rings (SSSR count). The van der Waals surface area contributed by atoms with Gasteiger partial charge >= 0.3 is 5.97 Å². The summed E-state index contributed by atoms with van der Waals surface area (Å²) in [4.78, 5) is 10.8. The molecule has 1 unspecified atom stereocenters. The summed E-state index contributed by atoms with van der Waals surface area (Å²) in [6.45, 7) is 4.64. The van der Waals surface area contributed by atoms with E-state index in [0.29, 0.717) is 13.1 Å². The van der Waals surface area contributed by atoms with Crippen LogP contribution >= 0.6 is 0 Å². The van der Waals surface area contributed by atoms with Gasteiger partial charge < -0.3 is 5.11 Å². The van der Waals surface area contributed by atoms with E-state index >= 15 is 0 Å². The standard InChI is InChI=1S/C16H23NO4S/c1-12-5-3-6-13(2)15(12)11-22(20,21)17-8-4-7-14(10-17)9-16(18)19/h3,5-6,14H,4,7-11H2,1-2H3,(H,18,19). The Morgan fingerprint density at radius 1 is 1.32 bits per heavy atom. The molecule has 0 radical (unpaired) electrons. The third kappa shape index (κ3) is 4.08. The van der Waals surface area contributed by atoms with Crippen molar-refractivity contribution < 1.29 is 18.3 Å². The number of hydrogen-bond acceptors (Lipinski definition) is 3. The molecule has 0 spiro atoms. The third-order valence-corrected chi connectivity index (χ3v) is 6.08. The summed E-state index contributed by atoms with van der Waals surface area (Å²) in [6.07, 6.45) is 1.54. The van der Waals surface area contributed by atoms with Crippen LogP contribution in [0.15, 0.2) is 18.2 Å². The number of sulfonamides is 1. The number of carboxylic acid groups (broad SMARTS) is 1. The predicted molar refractivity (Wildman–Crippen MR) is 85.1 cm³/mol. The van der Waals surface area contributed by atoms with Gasteiger partial charge in [0.05, 0.1) is 5.75 Å². The lowest BCUT2D eigenvalue weighted by molar-refractivity contribution is -0.138. The third-order valence-electron chi connectivity index (χ3n) is 4.31. The lowest BCUT2D eigenvalue weighted by Gasteiger charge is -2.31. The maximum atomic E-state index is 12.7. The van der Waals surface area contributed by atoms with Crippen molar-refractivity contribution in [3.05, 3.63) is 34.9 Å². The van der Waals surface area contributed by atoms with Gasteiger partial charge in [-0.3, -0.25) is 4.79 Å². The number of rotatable bonds is 5. The fourth-order valence-electron chi connectivity index (χ4n) is 3.04. The van der Waals surface area contributed by atoms with Crippen LogP contribution in [0, 0.1) is 19.8 Å². The Morgan fingerprint density at radius 3 is 2.55 bits per heavy atom. The molecule has 1 N–H and O–H groups in total. The summed E-state index contributed by atoms with van der Waals surface area (Å²) in [6, 6.07) is 5.76. The first-order valence-corrected chi connectivity index (χ1v) is 9.15. The highest BCUT2D eigenvalue weighted by atomic mass is 32.2. The van der Waals surface area contributed by atoms with Crippen molar-refractivity contribution >= 4 is 16.0 Å². The number of nitrogens with zero attached hydrogens (tertiary/aromatic N) is 1. The largest absolute Gasteiger partial charge is 0.481 e. The summed E-state index contributed by atoms with van der Waals surface area (Å²) in [7, 11) is -3.41. The Morgan fingerprint density at radius 2 is 1.95 bits per heavy atom. The number of hydrogen-bond donors (Lipinski definition) is 1. The number of carbonyl (C=O) groups is 1. The van der Waals surface area contributed by atoms with Crippen molar-refractivity contribution in [2.75, 3.05) is 13.1 Å². The number of aliphatic carboxylic acids is 1. The molecule has 1 fully saturated rings. The van der Waals surface area contributed by atoms with E-state index in [4.69, 9.17) is 5.11 Å². The average molecular weight is 325 g/mol. The average Bonchev–Trinajstić information content (AvgIpc) is 2.43. The quantitative estimate of drug-likeness (QED) is 0.901. The molecule has 1 aromatic carbocycles. The van der Waals surface area contributed by atoms with Crippen LogP contribution in [-0.4, -0.2) is 36.9 Å². The SMILES string of the molecule is Cc1cccc(C)c1CS(=O)(=O)N1CCCC(CC(=O)O)C1. The molecule has 1 atom stereocenters. The smallest absolute Gasteiger partial charge is 0.303 e. The van der Waals surface area contributed by atoms with Gasteiger partial charge in [-0.25, -0.2) is 12.7 Å². The molecule has 22 heavy (non-hydrogen) atoms. The number of carboxylic acids is 1. The molecule has 1 aliphatic rings. The Balaban J connectivity index is 2.14. The molecular weight excluding hydrogens is 302 g/mol. The number of piperidine rings is 1. The van der Waals surface area contributed by atoms with Crippen LogP contribution in [0.1, 0.15) is 36.0 Å². The first-order chi connectivity index (χ1) is 10.3. The van der Waals surface area contributed by atoms with Crippen molar-refractivity contribution in [2.45, 2.75) is 38.9 Å². The van der Waals surface area contributed by atoms with E-state index in [1.165, 1.54) is 4.31 Å². The van der Waals surface area contributed by atoms with Crippen LogP contribution in [0.4, 0.5) is 0 Å². The van der Waals surface area contributed by atoms with Gasteiger partial charge in [0, 0.05) is 19.5 Å². The number of aryl methyl sites for hydroxylation is 2. The van der Waals surface area contributed by atoms with Gasteiger partial charge in [0.2, 0.25) is 10.0 Å². The van der Waals surface area contributed by atoms with Crippen LogP contribution in [0.5, 0.6) is 0 Å². The second kappa shape index (κ2) is 6.79. The van der Waals surface area contributed by atoms with E-state index in [1.54, 1.807) is 0 Å². The molecule has 0 aromatic heterocycles. The van der Waals surface area contributed by atoms with E-state index in [9.17, 15) is 13.2 Å².